The van der Waals surface area contributed by atoms with Gasteiger partial charge in [-0.2, -0.15) is 0 Å². The van der Waals surface area contributed by atoms with E-state index in [0.29, 0.717) is 22.6 Å². The predicted molar refractivity (Wildman–Crippen MR) is 120 cm³/mol. The summed E-state index contributed by atoms with van der Waals surface area (Å²) >= 11 is 4.41. The Balaban J connectivity index is 2.18. The number of hydrogen-bond donors (Lipinski definition) is 1. The van der Waals surface area contributed by atoms with Crippen LogP contribution in [-0.2, 0) is 4.79 Å². The molecule has 26 heavy (non-hydrogen) atoms. The van der Waals surface area contributed by atoms with E-state index >= 15 is 0 Å². The van der Waals surface area contributed by atoms with E-state index in [4.69, 9.17) is 4.74 Å². The molecule has 3 aromatic carbocycles. The summed E-state index contributed by atoms with van der Waals surface area (Å²) in [5.74, 6) is -0.121. The van der Waals surface area contributed by atoms with E-state index < -0.39 is 5.97 Å². The molecule has 0 unspecified atom stereocenters. The van der Waals surface area contributed by atoms with Gasteiger partial charge in [0.2, 0.25) is 0 Å². The van der Waals surface area contributed by atoms with Crippen LogP contribution in [0.4, 0.5) is 0 Å². The molecule has 0 aliphatic heterocycles. The number of ether oxygens (including phenoxy) is 1. The summed E-state index contributed by atoms with van der Waals surface area (Å²) in [7, 11) is 0. The molecule has 0 radical (unpaired) electrons. The van der Waals surface area contributed by atoms with E-state index in [9.17, 15) is 9.90 Å². The predicted octanol–water partition coefficient (Wildman–Crippen LogP) is 5.93. The number of rotatable bonds is 5. The largest absolute Gasteiger partial charge is 0.478 e. The summed E-state index contributed by atoms with van der Waals surface area (Å²) in [4.78, 5) is 12.1. The quantitative estimate of drug-likeness (QED) is 0.180. The minimum atomic E-state index is -1.03. The van der Waals surface area contributed by atoms with Gasteiger partial charge in [0.05, 0.1) is 0 Å². The van der Waals surface area contributed by atoms with E-state index in [1.54, 1.807) is 12.1 Å². The monoisotopic (exact) mass is 568 g/mol. The number of hydrogen-bond acceptors (Lipinski definition) is 2. The molecule has 3 rings (SSSR count). The summed E-state index contributed by atoms with van der Waals surface area (Å²) in [6.07, 6.45) is 0. The molecule has 0 saturated heterocycles. The van der Waals surface area contributed by atoms with E-state index in [1.807, 2.05) is 66.7 Å². The molecule has 0 saturated carbocycles. The molecule has 0 aromatic heterocycles. The topological polar surface area (TPSA) is 46.5 Å². The Morgan fingerprint density at radius 1 is 0.731 bits per heavy atom. The number of benzene rings is 3. The molecule has 0 spiro atoms. The number of aliphatic carboxylic acids is 1. The second-order valence-electron chi connectivity index (χ2n) is 5.44. The van der Waals surface area contributed by atoms with Crippen LogP contribution in [0.5, 0.6) is 5.75 Å². The molecule has 0 aliphatic carbocycles. The molecule has 0 atom stereocenters. The first-order valence-corrected chi connectivity index (χ1v) is 9.92. The summed E-state index contributed by atoms with van der Waals surface area (Å²) in [6.45, 7) is 0. The summed E-state index contributed by atoms with van der Waals surface area (Å²) < 4.78 is 8.17. The molecule has 0 aliphatic rings. The summed E-state index contributed by atoms with van der Waals surface area (Å²) in [6, 6.07) is 24.2. The third-order valence-corrected chi connectivity index (χ3v) is 5.08. The van der Waals surface area contributed by atoms with Gasteiger partial charge < -0.3 is 9.84 Å². The minimum Gasteiger partial charge on any atom is -0.478 e. The fourth-order valence-corrected chi connectivity index (χ4v) is 3.15. The maximum atomic E-state index is 12.1. The molecule has 0 fully saturated rings. The molecule has 1 N–H and O–H groups in total. The lowest BCUT2D eigenvalue weighted by atomic mass is 10.0. The van der Waals surface area contributed by atoms with Crippen LogP contribution in [0.15, 0.2) is 78.9 Å². The van der Waals surface area contributed by atoms with Crippen molar-refractivity contribution in [1.82, 2.24) is 0 Å². The Labute approximate surface area is 179 Å². The maximum absolute atomic E-state index is 12.1. The Morgan fingerprint density at radius 3 is 1.81 bits per heavy atom. The van der Waals surface area contributed by atoms with Crippen LogP contribution in [0.1, 0.15) is 11.1 Å². The highest BCUT2D eigenvalue weighted by molar-refractivity contribution is 14.1. The molecular formula is C21H14I2O3. The van der Waals surface area contributed by atoms with Gasteiger partial charge in [-0.25, -0.2) is 4.79 Å². The van der Waals surface area contributed by atoms with Crippen molar-refractivity contribution >= 4 is 62.5 Å². The van der Waals surface area contributed by atoms with Crippen LogP contribution in [0.2, 0.25) is 0 Å². The zero-order valence-electron chi connectivity index (χ0n) is 13.5. The molecule has 3 nitrogen and oxygen atoms in total. The van der Waals surface area contributed by atoms with Gasteiger partial charge in [-0.15, -0.1) is 0 Å². The lowest BCUT2D eigenvalue weighted by Crippen LogP contribution is -2.08. The van der Waals surface area contributed by atoms with Gasteiger partial charge in [-0.1, -0.05) is 42.5 Å². The highest BCUT2D eigenvalue weighted by atomic mass is 127. The van der Waals surface area contributed by atoms with Crippen LogP contribution >= 0.6 is 45.2 Å². The normalized spacial score (nSPS) is 11.6. The molecule has 0 amide bonds. The molecule has 0 bridgehead atoms. The Morgan fingerprint density at radius 2 is 1.27 bits per heavy atom. The van der Waals surface area contributed by atoms with Crippen LogP contribution in [-0.4, -0.2) is 11.1 Å². The average Bonchev–Trinajstić information content (AvgIpc) is 2.65. The fourth-order valence-electron chi connectivity index (χ4n) is 2.43. The van der Waals surface area contributed by atoms with Crippen LogP contribution in [0.3, 0.4) is 0 Å². The number of halogens is 2. The average molecular weight is 568 g/mol. The third-order valence-electron chi connectivity index (χ3n) is 3.64. The Hall–Kier alpha value is -1.87. The molecule has 5 heteroatoms. The first-order valence-electron chi connectivity index (χ1n) is 7.77. The smallest absolute Gasteiger partial charge is 0.340 e. The Kier molecular flexibility index (Phi) is 6.31. The van der Waals surface area contributed by atoms with Crippen molar-refractivity contribution in [3.8, 4) is 5.75 Å². The van der Waals surface area contributed by atoms with Crippen molar-refractivity contribution in [2.24, 2.45) is 0 Å². The van der Waals surface area contributed by atoms with Crippen molar-refractivity contribution in [1.29, 1.82) is 0 Å². The van der Waals surface area contributed by atoms with Gasteiger partial charge in [0.25, 0.3) is 0 Å². The fraction of sp³-hybridized carbons (Fsp3) is 0. The van der Waals surface area contributed by atoms with Crippen LogP contribution < -0.4 is 4.74 Å². The van der Waals surface area contributed by atoms with Crippen molar-refractivity contribution in [3.63, 3.8) is 0 Å². The molecule has 130 valence electrons. The second-order valence-corrected chi connectivity index (χ2v) is 7.93. The van der Waals surface area contributed by atoms with Crippen molar-refractivity contribution in [3.05, 3.63) is 97.1 Å². The zero-order valence-corrected chi connectivity index (χ0v) is 17.8. The van der Waals surface area contributed by atoms with E-state index in [1.165, 1.54) is 0 Å². The van der Waals surface area contributed by atoms with Crippen LogP contribution in [0.25, 0.3) is 11.3 Å². The lowest BCUT2D eigenvalue weighted by Gasteiger charge is -2.15. The van der Waals surface area contributed by atoms with Crippen molar-refractivity contribution in [2.45, 2.75) is 0 Å². The van der Waals surface area contributed by atoms with Gasteiger partial charge in [0, 0.05) is 12.7 Å². The lowest BCUT2D eigenvalue weighted by molar-refractivity contribution is -0.130. The second kappa shape index (κ2) is 8.68. The summed E-state index contributed by atoms with van der Waals surface area (Å²) in [5, 5.41) is 9.91. The maximum Gasteiger partial charge on any atom is 0.340 e. The zero-order chi connectivity index (χ0) is 18.5. The van der Waals surface area contributed by atoms with Gasteiger partial charge in [0.15, 0.2) is 0 Å². The van der Waals surface area contributed by atoms with Gasteiger partial charge in [0.1, 0.15) is 17.1 Å². The van der Waals surface area contributed by atoms with Crippen LogP contribution in [0, 0.1) is 7.14 Å². The Bertz CT molecular complexity index is 931. The molecular weight excluding hydrogens is 554 g/mol. The van der Waals surface area contributed by atoms with Gasteiger partial charge >= 0.3 is 5.97 Å². The van der Waals surface area contributed by atoms with Crippen molar-refractivity contribution < 1.29 is 14.6 Å². The standard InChI is InChI=1S/C21H14I2O3/c22-16-8-6-14(7-9-16)19(21(24)25)20(15-4-2-1-3-5-15)26-18-12-10-17(23)11-13-18/h1-13H,(H,24,25)/b20-19-. The van der Waals surface area contributed by atoms with E-state index in [0.717, 1.165) is 7.14 Å². The molecule has 3 aromatic rings. The van der Waals surface area contributed by atoms with Gasteiger partial charge in [-0.05, 0) is 87.1 Å². The van der Waals surface area contributed by atoms with E-state index in [-0.39, 0.29) is 5.57 Å². The first-order chi connectivity index (χ1) is 12.5. The highest BCUT2D eigenvalue weighted by Gasteiger charge is 2.20. The molecule has 0 heterocycles. The third kappa shape index (κ3) is 4.64. The first kappa shape index (κ1) is 18.9. The van der Waals surface area contributed by atoms with Crippen molar-refractivity contribution in [2.75, 3.05) is 0 Å². The SMILES string of the molecule is O=C(O)/C(=C(\Oc1ccc(I)cc1)c1ccccc1)c1ccc(I)cc1. The summed E-state index contributed by atoms with van der Waals surface area (Å²) in [5.41, 5.74) is 1.44. The number of carboxylic acid groups (broad SMARTS) is 1. The number of carboxylic acids is 1. The van der Waals surface area contributed by atoms with Gasteiger partial charge in [-0.3, -0.25) is 0 Å². The number of carbonyl (C=O) groups is 1. The minimum absolute atomic E-state index is 0.131. The highest BCUT2D eigenvalue weighted by Crippen LogP contribution is 2.30. The van der Waals surface area contributed by atoms with E-state index in [2.05, 4.69) is 45.2 Å².